The summed E-state index contributed by atoms with van der Waals surface area (Å²) in [5, 5.41) is 13.4. The van der Waals surface area contributed by atoms with Crippen LogP contribution in [0.3, 0.4) is 0 Å². The maximum absolute atomic E-state index is 11.1. The van der Waals surface area contributed by atoms with E-state index >= 15 is 0 Å². The Morgan fingerprint density at radius 1 is 1.44 bits per heavy atom. The third-order valence-corrected chi connectivity index (χ3v) is 2.01. The van der Waals surface area contributed by atoms with Crippen LogP contribution in [0, 0.1) is 5.92 Å². The molecule has 0 saturated heterocycles. The standard InChI is InChI=1S/C11H20O5/c1-5-9(3)11(13)15-16-14-7-8(2)6-10(4)12/h5,8,10,12H,6-7H2,1-4H3. The van der Waals surface area contributed by atoms with Crippen LogP contribution in [-0.4, -0.2) is 23.8 Å². The second-order valence-electron chi connectivity index (χ2n) is 3.88. The van der Waals surface area contributed by atoms with Crippen LogP contribution in [0.15, 0.2) is 11.6 Å². The van der Waals surface area contributed by atoms with Crippen LogP contribution in [0.5, 0.6) is 0 Å². The van der Waals surface area contributed by atoms with Gasteiger partial charge in [0, 0.05) is 5.57 Å². The van der Waals surface area contributed by atoms with Crippen LogP contribution >= 0.6 is 0 Å². The molecule has 0 aromatic heterocycles. The van der Waals surface area contributed by atoms with Crippen molar-refractivity contribution < 1.29 is 24.7 Å². The predicted octanol–water partition coefficient (Wildman–Crippen LogP) is 1.77. The number of rotatable bonds is 7. The fourth-order valence-corrected chi connectivity index (χ4v) is 1.03. The average molecular weight is 232 g/mol. The third-order valence-electron chi connectivity index (χ3n) is 2.01. The molecule has 5 nitrogen and oxygen atoms in total. The largest absolute Gasteiger partial charge is 0.393 e. The molecule has 0 aromatic carbocycles. The molecule has 0 amide bonds. The zero-order valence-corrected chi connectivity index (χ0v) is 10.2. The number of allylic oxidation sites excluding steroid dienone is 1. The Morgan fingerprint density at radius 2 is 2.06 bits per heavy atom. The Morgan fingerprint density at radius 3 is 2.56 bits per heavy atom. The van der Waals surface area contributed by atoms with E-state index in [1.54, 1.807) is 26.8 Å². The Hall–Kier alpha value is -0.910. The van der Waals surface area contributed by atoms with Crippen molar-refractivity contribution in [3.8, 4) is 0 Å². The van der Waals surface area contributed by atoms with E-state index in [9.17, 15) is 4.79 Å². The lowest BCUT2D eigenvalue weighted by Crippen LogP contribution is -2.14. The lowest BCUT2D eigenvalue weighted by Gasteiger charge is -2.11. The van der Waals surface area contributed by atoms with E-state index < -0.39 is 5.97 Å². The second-order valence-corrected chi connectivity index (χ2v) is 3.88. The van der Waals surface area contributed by atoms with Gasteiger partial charge in [0.2, 0.25) is 0 Å². The first-order valence-corrected chi connectivity index (χ1v) is 5.28. The van der Waals surface area contributed by atoms with E-state index in [-0.39, 0.29) is 18.6 Å². The van der Waals surface area contributed by atoms with Gasteiger partial charge in [-0.25, -0.2) is 4.79 Å². The third kappa shape index (κ3) is 7.39. The Balaban J connectivity index is 3.57. The summed E-state index contributed by atoms with van der Waals surface area (Å²) in [5.74, 6) is -0.452. The van der Waals surface area contributed by atoms with Gasteiger partial charge in [0.15, 0.2) is 0 Å². The smallest absolute Gasteiger partial charge is 0.371 e. The van der Waals surface area contributed by atoms with Crippen LogP contribution in [0.25, 0.3) is 0 Å². The molecule has 0 fully saturated rings. The minimum atomic E-state index is -0.578. The Kier molecular flexibility index (Phi) is 7.80. The summed E-state index contributed by atoms with van der Waals surface area (Å²) in [4.78, 5) is 20.1. The quantitative estimate of drug-likeness (QED) is 0.313. The van der Waals surface area contributed by atoms with Gasteiger partial charge in [0.1, 0.15) is 0 Å². The summed E-state index contributed by atoms with van der Waals surface area (Å²) in [5.41, 5.74) is 0.445. The van der Waals surface area contributed by atoms with Crippen LogP contribution in [0.2, 0.25) is 0 Å². The molecule has 0 spiro atoms. The molecule has 94 valence electrons. The van der Waals surface area contributed by atoms with Gasteiger partial charge in [-0.05, 0) is 38.1 Å². The van der Waals surface area contributed by atoms with Gasteiger partial charge >= 0.3 is 5.97 Å². The number of hydrogen-bond donors (Lipinski definition) is 1. The monoisotopic (exact) mass is 232 g/mol. The van der Waals surface area contributed by atoms with E-state index in [0.717, 1.165) is 0 Å². The van der Waals surface area contributed by atoms with Gasteiger partial charge in [-0.2, -0.15) is 4.89 Å². The minimum absolute atomic E-state index is 0.126. The van der Waals surface area contributed by atoms with Gasteiger partial charge < -0.3 is 5.11 Å². The normalized spacial score (nSPS) is 15.7. The number of aliphatic hydroxyl groups excluding tert-OH is 1. The van der Waals surface area contributed by atoms with E-state index in [4.69, 9.17) is 5.11 Å². The molecule has 0 bridgehead atoms. The fraction of sp³-hybridized carbons (Fsp3) is 0.727. The molecule has 0 rings (SSSR count). The van der Waals surface area contributed by atoms with Crippen molar-refractivity contribution >= 4 is 5.97 Å². The Labute approximate surface area is 95.9 Å². The maximum atomic E-state index is 11.1. The summed E-state index contributed by atoms with van der Waals surface area (Å²) in [7, 11) is 0. The van der Waals surface area contributed by atoms with Gasteiger partial charge in [-0.3, -0.25) is 4.89 Å². The molecular weight excluding hydrogens is 212 g/mol. The summed E-state index contributed by atoms with van der Waals surface area (Å²) in [6.07, 6.45) is 1.83. The molecule has 0 aromatic rings. The highest BCUT2D eigenvalue weighted by molar-refractivity contribution is 5.87. The molecule has 0 radical (unpaired) electrons. The first-order chi connectivity index (χ1) is 7.47. The van der Waals surface area contributed by atoms with Crippen LogP contribution < -0.4 is 0 Å². The van der Waals surface area contributed by atoms with Gasteiger partial charge in [-0.15, -0.1) is 0 Å². The van der Waals surface area contributed by atoms with Crippen LogP contribution in [0.4, 0.5) is 0 Å². The molecule has 0 saturated carbocycles. The number of aliphatic hydroxyl groups is 1. The minimum Gasteiger partial charge on any atom is -0.393 e. The molecule has 0 aliphatic carbocycles. The SMILES string of the molecule is CC=C(C)C(=O)OOOCC(C)CC(C)O. The lowest BCUT2D eigenvalue weighted by atomic mass is 10.1. The van der Waals surface area contributed by atoms with Crippen molar-refractivity contribution in [3.05, 3.63) is 11.6 Å². The molecule has 0 aliphatic heterocycles. The van der Waals surface area contributed by atoms with Crippen molar-refractivity contribution in [1.29, 1.82) is 0 Å². The summed E-state index contributed by atoms with van der Waals surface area (Å²) >= 11 is 0. The molecule has 16 heavy (non-hydrogen) atoms. The fourth-order valence-electron chi connectivity index (χ4n) is 1.03. The first kappa shape index (κ1) is 15.1. The van der Waals surface area contributed by atoms with E-state index in [0.29, 0.717) is 12.0 Å². The Bertz CT molecular complexity index is 235. The summed E-state index contributed by atoms with van der Waals surface area (Å²) in [6, 6.07) is 0. The highest BCUT2D eigenvalue weighted by atomic mass is 17.5. The molecule has 0 heterocycles. The second kappa shape index (κ2) is 8.27. The van der Waals surface area contributed by atoms with E-state index in [2.05, 4.69) is 14.8 Å². The average Bonchev–Trinajstić information content (AvgIpc) is 2.21. The highest BCUT2D eigenvalue weighted by Crippen LogP contribution is 2.06. The highest BCUT2D eigenvalue weighted by Gasteiger charge is 2.09. The van der Waals surface area contributed by atoms with E-state index in [1.807, 2.05) is 6.92 Å². The van der Waals surface area contributed by atoms with Crippen molar-refractivity contribution in [2.45, 2.75) is 40.2 Å². The lowest BCUT2D eigenvalue weighted by molar-refractivity contribution is -0.487. The van der Waals surface area contributed by atoms with Crippen LogP contribution in [-0.2, 0) is 19.6 Å². The predicted molar refractivity (Wildman–Crippen MR) is 58.0 cm³/mol. The first-order valence-electron chi connectivity index (χ1n) is 5.28. The zero-order chi connectivity index (χ0) is 12.6. The molecule has 2 atom stereocenters. The zero-order valence-electron chi connectivity index (χ0n) is 10.2. The molecule has 0 aliphatic rings. The number of hydrogen-bond acceptors (Lipinski definition) is 5. The molecule has 2 unspecified atom stereocenters. The van der Waals surface area contributed by atoms with E-state index in [1.165, 1.54) is 0 Å². The van der Waals surface area contributed by atoms with Gasteiger partial charge in [-0.1, -0.05) is 13.0 Å². The van der Waals surface area contributed by atoms with Crippen molar-refractivity contribution in [2.24, 2.45) is 5.92 Å². The van der Waals surface area contributed by atoms with Gasteiger partial charge in [0.05, 0.1) is 12.7 Å². The van der Waals surface area contributed by atoms with Crippen LogP contribution in [0.1, 0.15) is 34.1 Å². The summed E-state index contributed by atoms with van der Waals surface area (Å²) < 4.78 is 0. The molecule has 5 heteroatoms. The molecular formula is C11H20O5. The maximum Gasteiger partial charge on any atom is 0.371 e. The summed E-state index contributed by atoms with van der Waals surface area (Å²) in [6.45, 7) is 7.19. The van der Waals surface area contributed by atoms with Crippen molar-refractivity contribution in [2.75, 3.05) is 6.61 Å². The molecule has 1 N–H and O–H groups in total. The van der Waals surface area contributed by atoms with Crippen molar-refractivity contribution in [1.82, 2.24) is 0 Å². The van der Waals surface area contributed by atoms with Gasteiger partial charge in [0.25, 0.3) is 0 Å². The topological polar surface area (TPSA) is 65.0 Å². The van der Waals surface area contributed by atoms with Crippen molar-refractivity contribution in [3.63, 3.8) is 0 Å². The number of carbonyl (C=O) groups excluding carboxylic acids is 1. The number of carbonyl (C=O) groups is 1.